The standard InChI is InChI=1S/C20H34N2.H2/c1-16(2)15-22-13-10-20(11-14-22)19-7-5-18(6-8-19)9-12-21-17(3)4;/h5-8,16-17,20-21H,9-15H2,1-4H3;1H. The Morgan fingerprint density at radius 1 is 1.09 bits per heavy atom. The molecule has 0 spiro atoms. The van der Waals surface area contributed by atoms with Gasteiger partial charge in [0.2, 0.25) is 0 Å². The van der Waals surface area contributed by atoms with Crippen LogP contribution in [0, 0.1) is 5.92 Å². The van der Waals surface area contributed by atoms with Crippen molar-refractivity contribution in [3.63, 3.8) is 0 Å². The summed E-state index contributed by atoms with van der Waals surface area (Å²) in [6, 6.07) is 9.98. The Morgan fingerprint density at radius 2 is 1.73 bits per heavy atom. The number of nitrogens with zero attached hydrogens (tertiary/aromatic N) is 1. The van der Waals surface area contributed by atoms with Crippen molar-refractivity contribution in [2.75, 3.05) is 26.2 Å². The highest BCUT2D eigenvalue weighted by Crippen LogP contribution is 2.28. The molecular weight excluding hydrogens is 268 g/mol. The maximum atomic E-state index is 3.49. The molecule has 1 fully saturated rings. The molecule has 2 rings (SSSR count). The number of hydrogen-bond acceptors (Lipinski definition) is 2. The van der Waals surface area contributed by atoms with Crippen LogP contribution in [0.3, 0.4) is 0 Å². The van der Waals surface area contributed by atoms with E-state index in [9.17, 15) is 0 Å². The van der Waals surface area contributed by atoms with E-state index in [0.29, 0.717) is 6.04 Å². The third-order valence-electron chi connectivity index (χ3n) is 4.63. The van der Waals surface area contributed by atoms with E-state index >= 15 is 0 Å². The number of nitrogens with one attached hydrogen (secondary N) is 1. The molecule has 1 heterocycles. The van der Waals surface area contributed by atoms with Gasteiger partial charge in [-0.2, -0.15) is 0 Å². The van der Waals surface area contributed by atoms with Gasteiger partial charge in [0, 0.05) is 14.0 Å². The van der Waals surface area contributed by atoms with Crippen molar-refractivity contribution in [1.82, 2.24) is 10.2 Å². The van der Waals surface area contributed by atoms with Gasteiger partial charge in [-0.15, -0.1) is 0 Å². The molecule has 0 saturated carbocycles. The molecule has 126 valence electrons. The summed E-state index contributed by atoms with van der Waals surface area (Å²) < 4.78 is 0. The first-order chi connectivity index (χ1) is 10.5. The second-order valence-electron chi connectivity index (χ2n) is 7.57. The van der Waals surface area contributed by atoms with Crippen LogP contribution in [-0.2, 0) is 6.42 Å². The van der Waals surface area contributed by atoms with E-state index < -0.39 is 0 Å². The summed E-state index contributed by atoms with van der Waals surface area (Å²) in [5, 5.41) is 3.49. The van der Waals surface area contributed by atoms with Gasteiger partial charge >= 0.3 is 0 Å². The molecule has 1 aromatic carbocycles. The Hall–Kier alpha value is -0.860. The van der Waals surface area contributed by atoms with Crippen LogP contribution in [0.5, 0.6) is 0 Å². The van der Waals surface area contributed by atoms with Crippen molar-refractivity contribution in [2.45, 2.75) is 58.9 Å². The average molecular weight is 305 g/mol. The number of rotatable bonds is 7. The van der Waals surface area contributed by atoms with Gasteiger partial charge in [-0.3, -0.25) is 0 Å². The van der Waals surface area contributed by atoms with E-state index in [4.69, 9.17) is 0 Å². The van der Waals surface area contributed by atoms with Gasteiger partial charge in [0.1, 0.15) is 0 Å². The van der Waals surface area contributed by atoms with Gasteiger partial charge in [0.25, 0.3) is 0 Å². The zero-order valence-corrected chi connectivity index (χ0v) is 14.9. The normalized spacial score (nSPS) is 17.5. The van der Waals surface area contributed by atoms with Crippen LogP contribution >= 0.6 is 0 Å². The number of hydrogen-bond donors (Lipinski definition) is 1. The van der Waals surface area contributed by atoms with Gasteiger partial charge in [-0.25, -0.2) is 0 Å². The average Bonchev–Trinajstić information content (AvgIpc) is 2.48. The number of likely N-dealkylation sites (tertiary alicyclic amines) is 1. The lowest BCUT2D eigenvalue weighted by Gasteiger charge is -2.33. The Kier molecular flexibility index (Phi) is 6.91. The van der Waals surface area contributed by atoms with Gasteiger partial charge in [0.05, 0.1) is 0 Å². The van der Waals surface area contributed by atoms with E-state index in [1.165, 1.54) is 38.0 Å². The lowest BCUT2D eigenvalue weighted by molar-refractivity contribution is 0.192. The fourth-order valence-corrected chi connectivity index (χ4v) is 3.43. The van der Waals surface area contributed by atoms with Crippen LogP contribution in [0.4, 0.5) is 0 Å². The largest absolute Gasteiger partial charge is 0.314 e. The van der Waals surface area contributed by atoms with E-state index in [1.54, 1.807) is 5.56 Å². The summed E-state index contributed by atoms with van der Waals surface area (Å²) in [6.45, 7) is 13.9. The van der Waals surface area contributed by atoms with E-state index in [0.717, 1.165) is 24.8 Å². The Labute approximate surface area is 138 Å². The van der Waals surface area contributed by atoms with Crippen molar-refractivity contribution >= 4 is 0 Å². The third kappa shape index (κ3) is 5.73. The molecule has 0 aromatic heterocycles. The lowest BCUT2D eigenvalue weighted by Crippen LogP contribution is -2.35. The monoisotopic (exact) mass is 304 g/mol. The minimum absolute atomic E-state index is 0. The first kappa shape index (κ1) is 17.5. The molecular formula is C20H36N2. The molecule has 1 aliphatic heterocycles. The number of benzene rings is 1. The molecule has 0 unspecified atom stereocenters. The van der Waals surface area contributed by atoms with Gasteiger partial charge in [0.15, 0.2) is 0 Å². The third-order valence-corrected chi connectivity index (χ3v) is 4.63. The van der Waals surface area contributed by atoms with Crippen molar-refractivity contribution in [3.8, 4) is 0 Å². The predicted molar refractivity (Wildman–Crippen MR) is 98.7 cm³/mol. The van der Waals surface area contributed by atoms with Crippen LogP contribution in [-0.4, -0.2) is 37.1 Å². The lowest BCUT2D eigenvalue weighted by atomic mass is 9.88. The van der Waals surface area contributed by atoms with Gasteiger partial charge in [-0.05, 0) is 61.9 Å². The van der Waals surface area contributed by atoms with E-state index in [-0.39, 0.29) is 1.43 Å². The molecule has 1 aliphatic rings. The van der Waals surface area contributed by atoms with E-state index in [1.807, 2.05) is 0 Å². The van der Waals surface area contributed by atoms with Crippen LogP contribution in [0.15, 0.2) is 24.3 Å². The summed E-state index contributed by atoms with van der Waals surface area (Å²) in [5.41, 5.74) is 3.00. The zero-order chi connectivity index (χ0) is 15.9. The molecule has 1 N–H and O–H groups in total. The molecule has 1 saturated heterocycles. The van der Waals surface area contributed by atoms with Crippen molar-refractivity contribution < 1.29 is 1.43 Å². The summed E-state index contributed by atoms with van der Waals surface area (Å²) in [5.74, 6) is 1.56. The molecule has 0 bridgehead atoms. The zero-order valence-electron chi connectivity index (χ0n) is 14.9. The molecule has 0 amide bonds. The van der Waals surface area contributed by atoms with Crippen LogP contribution < -0.4 is 5.32 Å². The topological polar surface area (TPSA) is 15.3 Å². The maximum Gasteiger partial charge on any atom is 0.00105 e. The summed E-state index contributed by atoms with van der Waals surface area (Å²) >= 11 is 0. The smallest absolute Gasteiger partial charge is 0.00105 e. The van der Waals surface area contributed by atoms with E-state index in [2.05, 4.69) is 62.2 Å². The Balaban J connectivity index is 0.00000264. The summed E-state index contributed by atoms with van der Waals surface area (Å²) in [6.07, 6.45) is 3.77. The highest BCUT2D eigenvalue weighted by atomic mass is 15.1. The summed E-state index contributed by atoms with van der Waals surface area (Å²) in [4.78, 5) is 2.63. The Bertz CT molecular complexity index is 420. The molecule has 0 atom stereocenters. The minimum Gasteiger partial charge on any atom is -0.314 e. The van der Waals surface area contributed by atoms with Crippen molar-refractivity contribution in [2.24, 2.45) is 5.92 Å². The molecule has 2 heteroatoms. The predicted octanol–water partition coefficient (Wildman–Crippen LogP) is 4.31. The highest BCUT2D eigenvalue weighted by Gasteiger charge is 2.20. The van der Waals surface area contributed by atoms with Gasteiger partial charge in [-0.1, -0.05) is 52.0 Å². The molecule has 0 aliphatic carbocycles. The molecule has 22 heavy (non-hydrogen) atoms. The second kappa shape index (κ2) is 8.69. The van der Waals surface area contributed by atoms with Gasteiger partial charge < -0.3 is 10.2 Å². The van der Waals surface area contributed by atoms with Crippen molar-refractivity contribution in [1.29, 1.82) is 0 Å². The second-order valence-corrected chi connectivity index (χ2v) is 7.57. The quantitative estimate of drug-likeness (QED) is 0.807. The molecule has 0 radical (unpaired) electrons. The highest BCUT2D eigenvalue weighted by molar-refractivity contribution is 5.26. The molecule has 1 aromatic rings. The molecule has 2 nitrogen and oxygen atoms in total. The Morgan fingerprint density at radius 3 is 2.27 bits per heavy atom. The first-order valence-corrected chi connectivity index (χ1v) is 9.09. The SMILES string of the molecule is CC(C)CN1CCC(c2ccc(CCNC(C)C)cc2)CC1.[HH]. The van der Waals surface area contributed by atoms with Crippen LogP contribution in [0.25, 0.3) is 0 Å². The fraction of sp³-hybridized carbons (Fsp3) is 0.700. The maximum absolute atomic E-state index is 3.49. The van der Waals surface area contributed by atoms with Crippen LogP contribution in [0.1, 0.15) is 59.0 Å². The first-order valence-electron chi connectivity index (χ1n) is 9.09. The minimum atomic E-state index is 0. The fourth-order valence-electron chi connectivity index (χ4n) is 3.43. The van der Waals surface area contributed by atoms with Crippen molar-refractivity contribution in [3.05, 3.63) is 35.4 Å². The van der Waals surface area contributed by atoms with Crippen LogP contribution in [0.2, 0.25) is 0 Å². The number of piperidine rings is 1. The summed E-state index contributed by atoms with van der Waals surface area (Å²) in [7, 11) is 0.